The summed E-state index contributed by atoms with van der Waals surface area (Å²) in [5, 5.41) is 0. The third-order valence-electron chi connectivity index (χ3n) is 1.84. The summed E-state index contributed by atoms with van der Waals surface area (Å²) >= 11 is 0. The second-order valence-electron chi connectivity index (χ2n) is 2.97. The summed E-state index contributed by atoms with van der Waals surface area (Å²) in [5.74, 6) is -1.28. The van der Waals surface area contributed by atoms with Gasteiger partial charge < -0.3 is 9.47 Å². The van der Waals surface area contributed by atoms with Gasteiger partial charge in [0.05, 0.1) is 19.3 Å². The third-order valence-corrected chi connectivity index (χ3v) is 1.84. The highest BCUT2D eigenvalue weighted by Gasteiger charge is 2.38. The number of pyridine rings is 1. The van der Waals surface area contributed by atoms with Gasteiger partial charge >= 0.3 is 12.1 Å². The minimum atomic E-state index is -4.74. The molecule has 0 aliphatic carbocycles. The van der Waals surface area contributed by atoms with Crippen molar-refractivity contribution in [3.63, 3.8) is 0 Å². The van der Waals surface area contributed by atoms with Gasteiger partial charge in [-0.25, -0.2) is 9.78 Å². The topological polar surface area (TPSA) is 48.4 Å². The van der Waals surface area contributed by atoms with Crippen molar-refractivity contribution >= 4 is 5.97 Å². The van der Waals surface area contributed by atoms with E-state index in [0.717, 1.165) is 6.07 Å². The fourth-order valence-corrected chi connectivity index (χ4v) is 1.14. The third kappa shape index (κ3) is 3.08. The van der Waals surface area contributed by atoms with Gasteiger partial charge in [0, 0.05) is 6.07 Å². The number of alkyl halides is 3. The van der Waals surface area contributed by atoms with Crippen LogP contribution in [0, 0.1) is 0 Å². The lowest BCUT2D eigenvalue weighted by molar-refractivity contribution is -0.142. The first-order valence-electron chi connectivity index (χ1n) is 4.69. The fraction of sp³-hybridized carbons (Fsp3) is 0.400. The molecule has 0 aliphatic heterocycles. The Hall–Kier alpha value is -1.79. The Balaban J connectivity index is 3.25. The lowest BCUT2D eigenvalue weighted by atomic mass is 10.2. The van der Waals surface area contributed by atoms with E-state index >= 15 is 0 Å². The Labute approximate surface area is 95.4 Å². The number of ether oxygens (including phenoxy) is 2. The molecule has 0 aromatic carbocycles. The van der Waals surface area contributed by atoms with Crippen LogP contribution in [0.2, 0.25) is 0 Å². The van der Waals surface area contributed by atoms with Crippen LogP contribution in [0.25, 0.3) is 0 Å². The van der Waals surface area contributed by atoms with Gasteiger partial charge in [-0.15, -0.1) is 0 Å². The van der Waals surface area contributed by atoms with E-state index in [-0.39, 0.29) is 12.5 Å². The number of hydrogen-bond acceptors (Lipinski definition) is 4. The monoisotopic (exact) mass is 249 g/mol. The molecule has 0 saturated carbocycles. The van der Waals surface area contributed by atoms with Gasteiger partial charge in [-0.05, 0) is 13.0 Å². The van der Waals surface area contributed by atoms with Gasteiger partial charge in [0.2, 0.25) is 5.88 Å². The number of aromatic nitrogens is 1. The number of nitrogens with zero attached hydrogens (tertiary/aromatic N) is 1. The fourth-order valence-electron chi connectivity index (χ4n) is 1.14. The van der Waals surface area contributed by atoms with Crippen LogP contribution >= 0.6 is 0 Å². The number of carbonyl (C=O) groups is 1. The molecular formula is C10H10F3NO3. The van der Waals surface area contributed by atoms with Crippen LogP contribution in [-0.2, 0) is 10.9 Å². The van der Waals surface area contributed by atoms with E-state index in [1.165, 1.54) is 20.1 Å². The van der Waals surface area contributed by atoms with Crippen molar-refractivity contribution in [3.8, 4) is 5.88 Å². The van der Waals surface area contributed by atoms with E-state index in [4.69, 9.17) is 0 Å². The quantitative estimate of drug-likeness (QED) is 0.771. The van der Waals surface area contributed by atoms with E-state index in [9.17, 15) is 18.0 Å². The second-order valence-corrected chi connectivity index (χ2v) is 2.97. The highest BCUT2D eigenvalue weighted by atomic mass is 19.4. The Morgan fingerprint density at radius 2 is 2.06 bits per heavy atom. The van der Waals surface area contributed by atoms with Crippen molar-refractivity contribution in [3.05, 3.63) is 23.4 Å². The minimum absolute atomic E-state index is 0.0117. The van der Waals surface area contributed by atoms with Crippen molar-refractivity contribution < 1.29 is 27.4 Å². The van der Waals surface area contributed by atoms with Crippen LogP contribution < -0.4 is 4.74 Å². The number of rotatable bonds is 3. The lowest BCUT2D eigenvalue weighted by Gasteiger charge is -2.11. The van der Waals surface area contributed by atoms with Gasteiger partial charge in [-0.3, -0.25) is 0 Å². The maximum absolute atomic E-state index is 12.6. The molecule has 4 nitrogen and oxygen atoms in total. The van der Waals surface area contributed by atoms with Crippen molar-refractivity contribution in [2.24, 2.45) is 0 Å². The molecule has 1 heterocycles. The van der Waals surface area contributed by atoms with E-state index in [1.54, 1.807) is 0 Å². The first-order valence-corrected chi connectivity index (χ1v) is 4.69. The van der Waals surface area contributed by atoms with Gasteiger partial charge in [0.15, 0.2) is 5.69 Å². The number of methoxy groups -OCH3 is 1. The smallest absolute Gasteiger partial charge is 0.434 e. The Kier molecular flexibility index (Phi) is 3.93. The summed E-state index contributed by atoms with van der Waals surface area (Å²) < 4.78 is 47.0. The molecule has 17 heavy (non-hydrogen) atoms. The first-order chi connectivity index (χ1) is 7.90. The normalized spacial score (nSPS) is 11.1. The average molecular weight is 249 g/mol. The summed E-state index contributed by atoms with van der Waals surface area (Å²) in [6, 6.07) is 2.15. The second kappa shape index (κ2) is 5.03. The zero-order valence-electron chi connectivity index (χ0n) is 9.17. The molecule has 94 valence electrons. The van der Waals surface area contributed by atoms with Crippen LogP contribution in [-0.4, -0.2) is 24.7 Å². The summed E-state index contributed by atoms with van der Waals surface area (Å²) in [4.78, 5) is 14.5. The lowest BCUT2D eigenvalue weighted by Crippen LogP contribution is -2.17. The van der Waals surface area contributed by atoms with E-state index < -0.39 is 23.4 Å². The van der Waals surface area contributed by atoms with Crippen LogP contribution in [0.1, 0.15) is 23.0 Å². The molecule has 0 aliphatic rings. The van der Waals surface area contributed by atoms with Crippen molar-refractivity contribution in [1.29, 1.82) is 0 Å². The zero-order valence-corrected chi connectivity index (χ0v) is 9.17. The SMILES string of the molecule is CCOC(=O)c1ccc(OC)nc1C(F)(F)F. The summed E-state index contributed by atoms with van der Waals surface area (Å²) in [7, 11) is 1.19. The number of halogens is 3. The predicted octanol–water partition coefficient (Wildman–Crippen LogP) is 2.29. The molecule has 0 saturated heterocycles. The van der Waals surface area contributed by atoms with E-state index in [2.05, 4.69) is 14.5 Å². The molecule has 0 fully saturated rings. The molecule has 0 amide bonds. The molecular weight excluding hydrogens is 239 g/mol. The van der Waals surface area contributed by atoms with Crippen LogP contribution in [0.4, 0.5) is 13.2 Å². The van der Waals surface area contributed by atoms with Gasteiger partial charge in [-0.2, -0.15) is 13.2 Å². The van der Waals surface area contributed by atoms with Crippen molar-refractivity contribution in [2.75, 3.05) is 13.7 Å². The predicted molar refractivity (Wildman–Crippen MR) is 51.7 cm³/mol. The molecule has 1 aromatic rings. The van der Waals surface area contributed by atoms with Crippen molar-refractivity contribution in [2.45, 2.75) is 13.1 Å². The Bertz CT molecular complexity index is 418. The molecule has 0 atom stereocenters. The molecule has 0 radical (unpaired) electrons. The largest absolute Gasteiger partial charge is 0.481 e. The van der Waals surface area contributed by atoms with Gasteiger partial charge in [-0.1, -0.05) is 0 Å². The minimum Gasteiger partial charge on any atom is -0.481 e. The zero-order chi connectivity index (χ0) is 13.1. The Morgan fingerprint density at radius 3 is 2.53 bits per heavy atom. The van der Waals surface area contributed by atoms with E-state index in [0.29, 0.717) is 0 Å². The van der Waals surface area contributed by atoms with E-state index in [1.807, 2.05) is 0 Å². The average Bonchev–Trinajstić information content (AvgIpc) is 2.27. The van der Waals surface area contributed by atoms with Gasteiger partial charge in [0.25, 0.3) is 0 Å². The Morgan fingerprint density at radius 1 is 1.41 bits per heavy atom. The number of carbonyl (C=O) groups excluding carboxylic acids is 1. The summed E-state index contributed by atoms with van der Waals surface area (Å²) in [5.41, 5.74) is -1.93. The molecule has 0 bridgehead atoms. The number of hydrogen-bond donors (Lipinski definition) is 0. The summed E-state index contributed by atoms with van der Waals surface area (Å²) in [6.45, 7) is 1.49. The maximum Gasteiger partial charge on any atom is 0.434 e. The van der Waals surface area contributed by atoms with Crippen molar-refractivity contribution in [1.82, 2.24) is 4.98 Å². The van der Waals surface area contributed by atoms with Crippen LogP contribution in [0.15, 0.2) is 12.1 Å². The molecule has 1 aromatic heterocycles. The molecule has 7 heteroatoms. The molecule has 1 rings (SSSR count). The summed E-state index contributed by atoms with van der Waals surface area (Å²) in [6.07, 6.45) is -4.74. The molecule has 0 unspecified atom stereocenters. The van der Waals surface area contributed by atoms with Crippen LogP contribution in [0.5, 0.6) is 5.88 Å². The van der Waals surface area contributed by atoms with Gasteiger partial charge in [0.1, 0.15) is 0 Å². The first kappa shape index (κ1) is 13.3. The standard InChI is InChI=1S/C10H10F3NO3/c1-3-17-9(15)6-4-5-7(16-2)14-8(6)10(11,12)13/h4-5H,3H2,1-2H3. The number of esters is 1. The van der Waals surface area contributed by atoms with Crippen LogP contribution in [0.3, 0.4) is 0 Å². The highest BCUT2D eigenvalue weighted by molar-refractivity contribution is 5.90. The molecule has 0 N–H and O–H groups in total. The highest BCUT2D eigenvalue weighted by Crippen LogP contribution is 2.32. The maximum atomic E-state index is 12.6. The molecule has 0 spiro atoms.